The summed E-state index contributed by atoms with van der Waals surface area (Å²) in [6, 6.07) is 5.21. The van der Waals surface area contributed by atoms with Gasteiger partial charge in [-0.15, -0.1) is 8.67 Å². The predicted molar refractivity (Wildman–Crippen MR) is 195 cm³/mol. The Morgan fingerprint density at radius 2 is 1.69 bits per heavy atom. The first-order chi connectivity index (χ1) is 26.1. The molecule has 9 N–H and O–H groups in total. The molecule has 2 atom stereocenters. The SMILES string of the molecule is COc1c(N/N=C2\C(=Nc3cc(SOOO)ccc3O)C=CC3C=C(SOOO)C=C(O)C23)cc(S(=O)(=O)O)cc1NC(=O)NCCCCCOS(=O)(=O)O. The zero-order valence-electron chi connectivity index (χ0n) is 28.1. The van der Waals surface area contributed by atoms with Gasteiger partial charge in [-0.3, -0.25) is 14.5 Å². The van der Waals surface area contributed by atoms with Crippen molar-refractivity contribution in [3.63, 3.8) is 0 Å². The van der Waals surface area contributed by atoms with Crippen LogP contribution in [0.5, 0.6) is 11.5 Å². The van der Waals surface area contributed by atoms with E-state index in [0.717, 1.165) is 12.1 Å². The molecule has 26 heteroatoms. The van der Waals surface area contributed by atoms with Gasteiger partial charge in [0.1, 0.15) is 22.9 Å². The molecule has 0 fully saturated rings. The van der Waals surface area contributed by atoms with Crippen LogP contribution >= 0.6 is 24.1 Å². The average molecular weight is 852 g/mol. The summed E-state index contributed by atoms with van der Waals surface area (Å²) in [5.41, 5.74) is 2.36. The minimum atomic E-state index is -4.89. The minimum Gasteiger partial charge on any atom is -0.512 e. The fourth-order valence-corrected chi connectivity index (χ4v) is 6.81. The van der Waals surface area contributed by atoms with Crippen LogP contribution in [-0.4, -0.2) is 84.4 Å². The van der Waals surface area contributed by atoms with Crippen molar-refractivity contribution in [2.45, 2.75) is 29.1 Å². The summed E-state index contributed by atoms with van der Waals surface area (Å²) < 4.78 is 83.1. The molecule has 0 heterocycles. The monoisotopic (exact) mass is 851 g/mol. The number of amides is 2. The lowest BCUT2D eigenvalue weighted by molar-refractivity contribution is -0.432. The zero-order valence-corrected chi connectivity index (χ0v) is 31.4. The molecule has 0 saturated carbocycles. The molecule has 0 bridgehead atoms. The maximum absolute atomic E-state index is 12.8. The molecule has 2 amide bonds. The maximum Gasteiger partial charge on any atom is 0.397 e. The first-order valence-electron chi connectivity index (χ1n) is 15.4. The van der Waals surface area contributed by atoms with Crippen molar-refractivity contribution in [1.29, 1.82) is 0 Å². The molecule has 2 aliphatic rings. The van der Waals surface area contributed by atoms with Crippen LogP contribution in [0, 0.1) is 11.8 Å². The van der Waals surface area contributed by atoms with Crippen LogP contribution in [0.1, 0.15) is 19.3 Å². The van der Waals surface area contributed by atoms with Crippen LogP contribution in [0.25, 0.3) is 0 Å². The second kappa shape index (κ2) is 20.0. The summed E-state index contributed by atoms with van der Waals surface area (Å²) in [5.74, 6) is -2.26. The van der Waals surface area contributed by atoms with Crippen molar-refractivity contribution in [2.24, 2.45) is 21.9 Å². The first kappa shape index (κ1) is 43.4. The molecule has 2 aromatic rings. The summed E-state index contributed by atoms with van der Waals surface area (Å²) >= 11 is 1.19. The molecule has 2 aliphatic carbocycles. The lowest BCUT2D eigenvalue weighted by Gasteiger charge is -2.30. The number of aliphatic imine (C=N–C) groups is 1. The second-order valence-electron chi connectivity index (χ2n) is 11.0. The highest BCUT2D eigenvalue weighted by Crippen LogP contribution is 2.40. The van der Waals surface area contributed by atoms with Crippen molar-refractivity contribution in [3.05, 3.63) is 65.3 Å². The Morgan fingerprint density at radius 1 is 0.964 bits per heavy atom. The second-order valence-corrected chi connectivity index (χ2v) is 15.0. The summed E-state index contributed by atoms with van der Waals surface area (Å²) in [6.07, 6.45) is 7.15. The van der Waals surface area contributed by atoms with Gasteiger partial charge < -0.3 is 25.6 Å². The van der Waals surface area contributed by atoms with E-state index in [1.54, 1.807) is 12.2 Å². The maximum atomic E-state index is 12.8. The number of allylic oxidation sites excluding steroid dienone is 5. The van der Waals surface area contributed by atoms with Crippen LogP contribution in [0.2, 0.25) is 0 Å². The van der Waals surface area contributed by atoms with Crippen molar-refractivity contribution >= 4 is 79.1 Å². The smallest absolute Gasteiger partial charge is 0.397 e. The number of phenols is 1. The number of benzene rings is 2. The van der Waals surface area contributed by atoms with Gasteiger partial charge in [0.25, 0.3) is 10.1 Å². The molecule has 2 aromatic carbocycles. The third-order valence-electron chi connectivity index (χ3n) is 7.34. The standard InChI is InChI=1S/C29H33N5O17S4/c1-46-28-22(32-29(37)30-9-3-2-4-10-47-55(43,44)45)14-19(54(40,41)42)15-23(28)33-34-27-20(31-21-12-17(52-50-48-38)6-8-24(21)35)7-5-16-11-18(53-51-49-39)13-25(36)26(16)27/h5-8,11-16,26,33,35-36,38-39H,2-4,9-10H2,1H3,(H2,30,32,37)(H,40,41,42)(H,43,44,45)/b31-20?,34-27+. The minimum absolute atomic E-state index is 0.00760. The molecular formula is C29H33N5O17S4. The van der Waals surface area contributed by atoms with E-state index >= 15 is 0 Å². The van der Waals surface area contributed by atoms with Gasteiger partial charge in [-0.25, -0.2) is 24.5 Å². The van der Waals surface area contributed by atoms with Crippen LogP contribution in [0.4, 0.5) is 21.9 Å². The fraction of sp³-hybridized carbons (Fsp3) is 0.276. The third-order valence-corrected chi connectivity index (χ3v) is 9.79. The van der Waals surface area contributed by atoms with Crippen molar-refractivity contribution in [2.75, 3.05) is 31.0 Å². The molecule has 4 rings (SSSR count). The Balaban J connectivity index is 1.69. The van der Waals surface area contributed by atoms with E-state index in [1.807, 2.05) is 0 Å². The normalized spacial score (nSPS) is 18.4. The number of unbranched alkanes of at least 4 members (excludes halogenated alkanes) is 2. The Labute approximate surface area is 321 Å². The van der Waals surface area contributed by atoms with E-state index in [-0.39, 0.29) is 65.3 Å². The number of aliphatic hydroxyl groups is 1. The number of nitrogens with one attached hydrogen (secondary N) is 3. The lowest BCUT2D eigenvalue weighted by Crippen LogP contribution is -2.35. The quantitative estimate of drug-likeness (QED) is 0.0297. The van der Waals surface area contributed by atoms with E-state index in [0.29, 0.717) is 46.7 Å². The first-order valence-corrected chi connectivity index (χ1v) is 19.6. The van der Waals surface area contributed by atoms with E-state index in [1.165, 1.54) is 37.5 Å². The van der Waals surface area contributed by atoms with Gasteiger partial charge in [-0.2, -0.15) is 21.9 Å². The summed E-state index contributed by atoms with van der Waals surface area (Å²) in [4.78, 5) is 17.3. The fourth-order valence-electron chi connectivity index (χ4n) is 5.06. The molecular weight excluding hydrogens is 819 g/mol. The van der Waals surface area contributed by atoms with E-state index < -0.39 is 43.3 Å². The number of carbonyl (C=O) groups excluding carboxylic acids is 1. The van der Waals surface area contributed by atoms with Gasteiger partial charge in [0.05, 0.1) is 65.7 Å². The summed E-state index contributed by atoms with van der Waals surface area (Å²) in [7, 11) is -8.24. The number of nitrogens with zero attached hydrogens (tertiary/aromatic N) is 2. The number of fused-ring (bicyclic) bond motifs is 1. The number of carbonyl (C=O) groups is 1. The van der Waals surface area contributed by atoms with E-state index in [4.69, 9.17) is 19.8 Å². The van der Waals surface area contributed by atoms with Crippen LogP contribution in [0.3, 0.4) is 0 Å². The number of hydrogen-bond donors (Lipinski definition) is 9. The number of hydrogen-bond acceptors (Lipinski definition) is 20. The lowest BCUT2D eigenvalue weighted by atomic mass is 9.77. The number of aromatic hydroxyl groups is 1. The number of urea groups is 1. The number of ether oxygens (including phenoxy) is 1. The number of methoxy groups -OCH3 is 1. The van der Waals surface area contributed by atoms with E-state index in [9.17, 15) is 36.4 Å². The third kappa shape index (κ3) is 12.9. The molecule has 0 saturated heterocycles. The van der Waals surface area contributed by atoms with E-state index in [2.05, 4.69) is 49.1 Å². The summed E-state index contributed by atoms with van der Waals surface area (Å²) in [6.45, 7) is -0.165. The highest BCUT2D eigenvalue weighted by molar-refractivity contribution is 7.98. The number of rotatable bonds is 19. The van der Waals surface area contributed by atoms with Crippen LogP contribution in [-0.2, 0) is 43.4 Å². The number of hydrazone groups is 1. The highest BCUT2D eigenvalue weighted by Gasteiger charge is 2.36. The Morgan fingerprint density at radius 3 is 2.38 bits per heavy atom. The van der Waals surface area contributed by atoms with Crippen molar-refractivity contribution in [1.82, 2.24) is 5.32 Å². The van der Waals surface area contributed by atoms with Gasteiger partial charge in [0.2, 0.25) is 0 Å². The molecule has 300 valence electrons. The number of aliphatic hydroxyl groups excluding tert-OH is 1. The summed E-state index contributed by atoms with van der Waals surface area (Å²) in [5, 5.41) is 55.6. The molecule has 22 nitrogen and oxygen atoms in total. The van der Waals surface area contributed by atoms with Gasteiger partial charge in [0, 0.05) is 22.3 Å². The Bertz CT molecular complexity index is 2090. The molecule has 55 heavy (non-hydrogen) atoms. The van der Waals surface area contributed by atoms with Crippen molar-refractivity contribution in [3.8, 4) is 11.5 Å². The van der Waals surface area contributed by atoms with Gasteiger partial charge in [-0.05, 0) is 61.7 Å². The molecule has 0 radical (unpaired) electrons. The molecule has 0 aliphatic heterocycles. The Kier molecular flexibility index (Phi) is 15.8. The van der Waals surface area contributed by atoms with Crippen LogP contribution < -0.4 is 20.8 Å². The topological polar surface area (TPSA) is 323 Å². The van der Waals surface area contributed by atoms with Crippen molar-refractivity contribution < 1.29 is 79.1 Å². The predicted octanol–water partition coefficient (Wildman–Crippen LogP) is 4.94. The van der Waals surface area contributed by atoms with Crippen LogP contribution in [0.15, 0.2) is 85.2 Å². The molecule has 0 spiro atoms. The van der Waals surface area contributed by atoms with Gasteiger partial charge >= 0.3 is 16.4 Å². The number of phenolic OH excluding ortho intramolecular Hbond substituents is 1. The zero-order chi connectivity index (χ0) is 40.2. The molecule has 0 aromatic heterocycles. The van der Waals surface area contributed by atoms with Gasteiger partial charge in [-0.1, -0.05) is 22.2 Å². The molecule has 2 unspecified atom stereocenters. The Hall–Kier alpha value is -4.29. The highest BCUT2D eigenvalue weighted by atomic mass is 32.3. The largest absolute Gasteiger partial charge is 0.512 e. The van der Waals surface area contributed by atoms with Gasteiger partial charge in [0.15, 0.2) is 5.75 Å². The number of anilines is 2. The average Bonchev–Trinajstić information content (AvgIpc) is 3.12.